The van der Waals surface area contributed by atoms with Crippen LogP contribution in [-0.4, -0.2) is 46.4 Å². The molecule has 0 aliphatic carbocycles. The summed E-state index contributed by atoms with van der Waals surface area (Å²) in [6.45, 7) is 7.18. The lowest BCUT2D eigenvalue weighted by Crippen LogP contribution is -2.45. The number of nitriles is 1. The highest BCUT2D eigenvalue weighted by molar-refractivity contribution is 5.95. The molecule has 6 nitrogen and oxygen atoms in total. The Morgan fingerprint density at radius 3 is 2.95 bits per heavy atom. The number of aromatic nitrogens is 2. The van der Waals surface area contributed by atoms with Gasteiger partial charge in [-0.2, -0.15) is 10.4 Å². The molecule has 6 heteroatoms. The van der Waals surface area contributed by atoms with Gasteiger partial charge in [-0.05, 0) is 20.8 Å². The van der Waals surface area contributed by atoms with Crippen molar-refractivity contribution in [1.29, 1.82) is 5.26 Å². The fraction of sp³-hybridized carbons (Fsp3) is 0.615. The van der Waals surface area contributed by atoms with Crippen LogP contribution in [0.1, 0.15) is 35.9 Å². The lowest BCUT2D eigenvalue weighted by molar-refractivity contribution is 0.00342. The average molecular weight is 262 g/mol. The van der Waals surface area contributed by atoms with Gasteiger partial charge in [0.2, 0.25) is 0 Å². The SMILES string of the molecule is Cc1c(C(=O)N2CCOC(C#N)C2)cnn1C(C)C. The van der Waals surface area contributed by atoms with Gasteiger partial charge in [0.1, 0.15) is 0 Å². The Morgan fingerprint density at radius 2 is 2.37 bits per heavy atom. The van der Waals surface area contributed by atoms with E-state index in [0.29, 0.717) is 25.3 Å². The minimum atomic E-state index is -0.529. The summed E-state index contributed by atoms with van der Waals surface area (Å²) >= 11 is 0. The summed E-state index contributed by atoms with van der Waals surface area (Å²) in [5.41, 5.74) is 1.47. The first kappa shape index (κ1) is 13.6. The molecular formula is C13H18N4O2. The third-order valence-electron chi connectivity index (χ3n) is 3.26. The molecule has 0 N–H and O–H groups in total. The lowest BCUT2D eigenvalue weighted by atomic mass is 10.2. The van der Waals surface area contributed by atoms with E-state index in [-0.39, 0.29) is 11.9 Å². The molecule has 0 saturated carbocycles. The van der Waals surface area contributed by atoms with E-state index in [9.17, 15) is 4.79 Å². The molecule has 2 rings (SSSR count). The third-order valence-corrected chi connectivity index (χ3v) is 3.26. The normalized spacial score (nSPS) is 19.5. The van der Waals surface area contributed by atoms with Crippen LogP contribution in [0.3, 0.4) is 0 Å². The van der Waals surface area contributed by atoms with Gasteiger partial charge in [0.15, 0.2) is 6.10 Å². The minimum Gasteiger partial charge on any atom is -0.360 e. The van der Waals surface area contributed by atoms with Crippen LogP contribution >= 0.6 is 0 Å². The van der Waals surface area contributed by atoms with Gasteiger partial charge in [-0.3, -0.25) is 9.48 Å². The van der Waals surface area contributed by atoms with Gasteiger partial charge < -0.3 is 9.64 Å². The highest BCUT2D eigenvalue weighted by Crippen LogP contribution is 2.16. The highest BCUT2D eigenvalue weighted by atomic mass is 16.5. The van der Waals surface area contributed by atoms with Crippen molar-refractivity contribution < 1.29 is 9.53 Å². The number of hydrogen-bond acceptors (Lipinski definition) is 4. The van der Waals surface area contributed by atoms with Gasteiger partial charge >= 0.3 is 0 Å². The van der Waals surface area contributed by atoms with Crippen LogP contribution in [-0.2, 0) is 4.74 Å². The summed E-state index contributed by atoms with van der Waals surface area (Å²) in [6, 6.07) is 2.26. The fourth-order valence-corrected chi connectivity index (χ4v) is 2.24. The summed E-state index contributed by atoms with van der Waals surface area (Å²) in [6.07, 6.45) is 1.08. The number of ether oxygens (including phenoxy) is 1. The quantitative estimate of drug-likeness (QED) is 0.801. The van der Waals surface area contributed by atoms with Gasteiger partial charge in [0, 0.05) is 18.3 Å². The molecule has 0 spiro atoms. The summed E-state index contributed by atoms with van der Waals surface area (Å²) in [7, 11) is 0. The number of carbonyl (C=O) groups excluding carboxylic acids is 1. The summed E-state index contributed by atoms with van der Waals surface area (Å²) in [5.74, 6) is -0.0760. The van der Waals surface area contributed by atoms with Crippen LogP contribution < -0.4 is 0 Å². The second-order valence-corrected chi connectivity index (χ2v) is 4.92. The summed E-state index contributed by atoms with van der Waals surface area (Å²) in [5, 5.41) is 13.1. The van der Waals surface area contributed by atoms with Crippen molar-refractivity contribution >= 4 is 5.91 Å². The molecule has 1 atom stereocenters. The van der Waals surface area contributed by atoms with Crippen LogP contribution in [0.4, 0.5) is 0 Å². The molecule has 0 bridgehead atoms. The number of morpholine rings is 1. The average Bonchev–Trinajstić information content (AvgIpc) is 2.80. The highest BCUT2D eigenvalue weighted by Gasteiger charge is 2.27. The standard InChI is InChI=1S/C13H18N4O2/c1-9(2)17-10(3)12(7-15-17)13(18)16-4-5-19-11(6-14)8-16/h7,9,11H,4-5,8H2,1-3H3. The minimum absolute atomic E-state index is 0.0760. The van der Waals surface area contributed by atoms with E-state index in [2.05, 4.69) is 5.10 Å². The van der Waals surface area contributed by atoms with E-state index in [1.807, 2.05) is 31.5 Å². The second kappa shape index (κ2) is 5.41. The topological polar surface area (TPSA) is 71.2 Å². The van der Waals surface area contributed by atoms with Gasteiger partial charge in [0.05, 0.1) is 31.0 Å². The van der Waals surface area contributed by atoms with Crippen molar-refractivity contribution in [2.45, 2.75) is 32.9 Å². The first-order chi connectivity index (χ1) is 9.04. The number of amides is 1. The Morgan fingerprint density at radius 1 is 1.63 bits per heavy atom. The Labute approximate surface area is 112 Å². The van der Waals surface area contributed by atoms with E-state index in [0.717, 1.165) is 5.69 Å². The Hall–Kier alpha value is -1.87. The molecule has 0 radical (unpaired) electrons. The lowest BCUT2D eigenvalue weighted by Gasteiger charge is -2.29. The van der Waals surface area contributed by atoms with Crippen molar-refractivity contribution in [3.63, 3.8) is 0 Å². The maximum atomic E-state index is 12.4. The monoisotopic (exact) mass is 262 g/mol. The molecule has 1 aromatic rings. The molecule has 0 aromatic carbocycles. The van der Waals surface area contributed by atoms with Crippen molar-refractivity contribution in [3.05, 3.63) is 17.5 Å². The zero-order chi connectivity index (χ0) is 14.0. The van der Waals surface area contributed by atoms with Crippen LogP contribution in [0.25, 0.3) is 0 Å². The van der Waals surface area contributed by atoms with Crippen LogP contribution in [0.2, 0.25) is 0 Å². The third kappa shape index (κ3) is 2.61. The van der Waals surface area contributed by atoms with Crippen molar-refractivity contribution in [3.8, 4) is 6.07 Å². The molecule has 1 unspecified atom stereocenters. The molecular weight excluding hydrogens is 244 g/mol. The molecule has 1 fully saturated rings. The molecule has 1 aromatic heterocycles. The first-order valence-electron chi connectivity index (χ1n) is 6.39. The Balaban J connectivity index is 2.18. The maximum absolute atomic E-state index is 12.4. The van der Waals surface area contributed by atoms with E-state index >= 15 is 0 Å². The molecule has 1 aliphatic heterocycles. The maximum Gasteiger partial charge on any atom is 0.257 e. The smallest absolute Gasteiger partial charge is 0.257 e. The Kier molecular flexibility index (Phi) is 3.86. The number of hydrogen-bond donors (Lipinski definition) is 0. The van der Waals surface area contributed by atoms with Crippen molar-refractivity contribution in [2.75, 3.05) is 19.7 Å². The predicted molar refractivity (Wildman–Crippen MR) is 68.6 cm³/mol. The molecule has 19 heavy (non-hydrogen) atoms. The van der Waals surface area contributed by atoms with E-state index in [1.165, 1.54) is 0 Å². The van der Waals surface area contributed by atoms with Gasteiger partial charge in [-0.15, -0.1) is 0 Å². The number of rotatable bonds is 2. The van der Waals surface area contributed by atoms with Gasteiger partial charge in [-0.25, -0.2) is 0 Å². The fourth-order valence-electron chi connectivity index (χ4n) is 2.24. The van der Waals surface area contributed by atoms with Crippen LogP contribution in [0, 0.1) is 18.3 Å². The van der Waals surface area contributed by atoms with Crippen LogP contribution in [0.5, 0.6) is 0 Å². The van der Waals surface area contributed by atoms with E-state index in [4.69, 9.17) is 10.00 Å². The van der Waals surface area contributed by atoms with Crippen LogP contribution in [0.15, 0.2) is 6.20 Å². The summed E-state index contributed by atoms with van der Waals surface area (Å²) in [4.78, 5) is 14.1. The zero-order valence-electron chi connectivity index (χ0n) is 11.5. The number of nitrogens with zero attached hydrogens (tertiary/aromatic N) is 4. The van der Waals surface area contributed by atoms with Gasteiger partial charge in [0.25, 0.3) is 5.91 Å². The second-order valence-electron chi connectivity index (χ2n) is 4.92. The van der Waals surface area contributed by atoms with E-state index in [1.54, 1.807) is 11.1 Å². The number of carbonyl (C=O) groups is 1. The van der Waals surface area contributed by atoms with Crippen molar-refractivity contribution in [1.82, 2.24) is 14.7 Å². The largest absolute Gasteiger partial charge is 0.360 e. The molecule has 2 heterocycles. The van der Waals surface area contributed by atoms with E-state index < -0.39 is 6.10 Å². The molecule has 1 amide bonds. The van der Waals surface area contributed by atoms with Crippen molar-refractivity contribution in [2.24, 2.45) is 0 Å². The van der Waals surface area contributed by atoms with Gasteiger partial charge in [-0.1, -0.05) is 0 Å². The first-order valence-corrected chi connectivity index (χ1v) is 6.39. The summed E-state index contributed by atoms with van der Waals surface area (Å²) < 4.78 is 7.07. The molecule has 1 saturated heterocycles. The molecule has 1 aliphatic rings. The zero-order valence-corrected chi connectivity index (χ0v) is 11.5. The molecule has 102 valence electrons. The Bertz CT molecular complexity index is 515. The predicted octanol–water partition coefficient (Wildman–Crippen LogP) is 1.14.